The molecular weight excluding hydrogens is 224 g/mol. The number of rotatable bonds is 5. The molecule has 3 nitrogen and oxygen atoms in total. The number of benzene rings is 1. The summed E-state index contributed by atoms with van der Waals surface area (Å²) in [5, 5.41) is 6.82. The number of Topliss-reactive ketones (excluding diaryl/α,β-unsaturated/α-hetero) is 1. The highest BCUT2D eigenvalue weighted by atomic mass is 16.1. The molecule has 2 N–H and O–H groups in total. The first-order valence-corrected chi connectivity index (χ1v) is 6.68. The normalized spacial score (nSPS) is 20.9. The van der Waals surface area contributed by atoms with Crippen molar-refractivity contribution in [1.29, 1.82) is 0 Å². The van der Waals surface area contributed by atoms with E-state index < -0.39 is 0 Å². The minimum absolute atomic E-state index is 0.0220. The van der Waals surface area contributed by atoms with E-state index in [9.17, 15) is 4.79 Å². The molecule has 0 aromatic heterocycles. The Morgan fingerprint density at radius 2 is 2.17 bits per heavy atom. The summed E-state index contributed by atoms with van der Waals surface area (Å²) in [6.45, 7) is 6.57. The van der Waals surface area contributed by atoms with Gasteiger partial charge in [-0.25, -0.2) is 0 Å². The molecule has 0 radical (unpaired) electrons. The van der Waals surface area contributed by atoms with Gasteiger partial charge in [-0.15, -0.1) is 0 Å². The van der Waals surface area contributed by atoms with E-state index in [1.54, 1.807) is 6.92 Å². The zero-order valence-corrected chi connectivity index (χ0v) is 11.2. The van der Waals surface area contributed by atoms with Crippen LogP contribution in [0.5, 0.6) is 0 Å². The van der Waals surface area contributed by atoms with E-state index in [0.717, 1.165) is 31.6 Å². The molecule has 1 aromatic rings. The van der Waals surface area contributed by atoms with Crippen molar-refractivity contribution >= 4 is 5.78 Å². The summed E-state index contributed by atoms with van der Waals surface area (Å²) in [6, 6.07) is 8.79. The van der Waals surface area contributed by atoms with E-state index in [4.69, 9.17) is 0 Å². The highest BCUT2D eigenvalue weighted by Crippen LogP contribution is 2.17. The first-order valence-electron chi connectivity index (χ1n) is 6.68. The Balaban J connectivity index is 1.99. The average molecular weight is 246 g/mol. The molecule has 2 atom stereocenters. The van der Waals surface area contributed by atoms with Crippen LogP contribution in [0.15, 0.2) is 24.3 Å². The van der Waals surface area contributed by atoms with Crippen LogP contribution in [0.4, 0.5) is 0 Å². The quantitative estimate of drug-likeness (QED) is 0.829. The maximum Gasteiger partial charge on any atom is 0.138 e. The zero-order chi connectivity index (χ0) is 13.0. The van der Waals surface area contributed by atoms with Crippen molar-refractivity contribution in [3.05, 3.63) is 35.4 Å². The van der Waals surface area contributed by atoms with Crippen molar-refractivity contribution in [2.75, 3.05) is 19.6 Å². The fraction of sp³-hybridized carbons (Fsp3) is 0.533. The summed E-state index contributed by atoms with van der Waals surface area (Å²) in [5.74, 6) is 0.212. The van der Waals surface area contributed by atoms with Gasteiger partial charge in [-0.05, 0) is 32.4 Å². The van der Waals surface area contributed by atoms with Gasteiger partial charge in [0.25, 0.3) is 0 Å². The van der Waals surface area contributed by atoms with Crippen molar-refractivity contribution in [2.24, 2.45) is 0 Å². The maximum absolute atomic E-state index is 11.8. The highest BCUT2D eigenvalue weighted by Gasteiger charge is 2.20. The fourth-order valence-corrected chi connectivity index (χ4v) is 2.41. The Bertz CT molecular complexity index is 393. The van der Waals surface area contributed by atoms with Gasteiger partial charge in [0.05, 0.1) is 5.92 Å². The van der Waals surface area contributed by atoms with Gasteiger partial charge >= 0.3 is 0 Å². The van der Waals surface area contributed by atoms with Crippen LogP contribution in [0.1, 0.15) is 30.4 Å². The monoisotopic (exact) mass is 246 g/mol. The number of hydrogen-bond donors (Lipinski definition) is 2. The lowest BCUT2D eigenvalue weighted by atomic mass is 9.94. The molecule has 0 bridgehead atoms. The van der Waals surface area contributed by atoms with Crippen LogP contribution in [0.25, 0.3) is 0 Å². The smallest absolute Gasteiger partial charge is 0.138 e. The molecular formula is C15H22N2O. The third kappa shape index (κ3) is 3.40. The van der Waals surface area contributed by atoms with Crippen LogP contribution in [0.2, 0.25) is 0 Å². The number of ketones is 1. The molecule has 1 aliphatic heterocycles. The second-order valence-electron chi connectivity index (χ2n) is 5.17. The van der Waals surface area contributed by atoms with E-state index in [-0.39, 0.29) is 11.7 Å². The zero-order valence-electron chi connectivity index (χ0n) is 11.2. The second-order valence-corrected chi connectivity index (χ2v) is 5.17. The predicted molar refractivity (Wildman–Crippen MR) is 73.9 cm³/mol. The van der Waals surface area contributed by atoms with Crippen molar-refractivity contribution in [1.82, 2.24) is 10.6 Å². The summed E-state index contributed by atoms with van der Waals surface area (Å²) in [7, 11) is 0. The van der Waals surface area contributed by atoms with Gasteiger partial charge in [0, 0.05) is 19.1 Å². The average Bonchev–Trinajstić information content (AvgIpc) is 2.84. The predicted octanol–water partition coefficient (Wildman–Crippen LogP) is 1.62. The fourth-order valence-electron chi connectivity index (χ4n) is 2.41. The Hall–Kier alpha value is -1.19. The standard InChI is InChI=1S/C15H22N2O/c1-11-3-5-13(6-4-11)15(12(2)18)10-17-14-7-8-16-9-14/h3-6,14-17H,7-10H2,1-2H3/t14-,15+/m1/s1. The van der Waals surface area contributed by atoms with Crippen molar-refractivity contribution in [2.45, 2.75) is 32.2 Å². The molecule has 0 aliphatic carbocycles. The molecule has 1 heterocycles. The SMILES string of the molecule is CC(=O)[C@H](CN[C@@H]1CCNC1)c1ccc(C)cc1. The molecule has 0 spiro atoms. The Morgan fingerprint density at radius 1 is 1.44 bits per heavy atom. The Kier molecular flexibility index (Phi) is 4.50. The lowest BCUT2D eigenvalue weighted by Gasteiger charge is -2.18. The van der Waals surface area contributed by atoms with Crippen LogP contribution in [-0.2, 0) is 4.79 Å². The molecule has 0 unspecified atom stereocenters. The minimum Gasteiger partial charge on any atom is -0.315 e. The first kappa shape index (κ1) is 13.2. The Morgan fingerprint density at radius 3 is 2.72 bits per heavy atom. The molecule has 0 amide bonds. The number of carbonyl (C=O) groups is 1. The van der Waals surface area contributed by atoms with Gasteiger partial charge in [0.15, 0.2) is 0 Å². The van der Waals surface area contributed by atoms with E-state index >= 15 is 0 Å². The third-order valence-corrected chi connectivity index (χ3v) is 3.64. The topological polar surface area (TPSA) is 41.1 Å². The van der Waals surface area contributed by atoms with Gasteiger partial charge in [0.1, 0.15) is 5.78 Å². The Labute approximate surface area is 109 Å². The largest absolute Gasteiger partial charge is 0.315 e. The van der Waals surface area contributed by atoms with E-state index in [0.29, 0.717) is 6.04 Å². The van der Waals surface area contributed by atoms with Gasteiger partial charge in [-0.1, -0.05) is 29.8 Å². The highest BCUT2D eigenvalue weighted by molar-refractivity contribution is 5.83. The second kappa shape index (κ2) is 6.12. The lowest BCUT2D eigenvalue weighted by molar-refractivity contribution is -0.118. The molecule has 3 heteroatoms. The van der Waals surface area contributed by atoms with Gasteiger partial charge in [-0.2, -0.15) is 0 Å². The summed E-state index contributed by atoms with van der Waals surface area (Å²) < 4.78 is 0. The van der Waals surface area contributed by atoms with Gasteiger partial charge in [0.2, 0.25) is 0 Å². The third-order valence-electron chi connectivity index (χ3n) is 3.64. The molecule has 98 valence electrons. The molecule has 18 heavy (non-hydrogen) atoms. The van der Waals surface area contributed by atoms with Crippen LogP contribution < -0.4 is 10.6 Å². The molecule has 1 saturated heterocycles. The number of aryl methyl sites for hydroxylation is 1. The lowest BCUT2D eigenvalue weighted by Crippen LogP contribution is -2.35. The molecule has 1 fully saturated rings. The summed E-state index contributed by atoms with van der Waals surface area (Å²) in [5.41, 5.74) is 2.35. The summed E-state index contributed by atoms with van der Waals surface area (Å²) >= 11 is 0. The van der Waals surface area contributed by atoms with Crippen LogP contribution in [-0.4, -0.2) is 31.5 Å². The number of hydrogen-bond acceptors (Lipinski definition) is 3. The number of carbonyl (C=O) groups excluding carboxylic acids is 1. The molecule has 0 saturated carbocycles. The summed E-state index contributed by atoms with van der Waals surface area (Å²) in [4.78, 5) is 11.8. The summed E-state index contributed by atoms with van der Waals surface area (Å²) in [6.07, 6.45) is 1.15. The maximum atomic E-state index is 11.8. The van der Waals surface area contributed by atoms with Crippen LogP contribution in [0, 0.1) is 6.92 Å². The van der Waals surface area contributed by atoms with Gasteiger partial charge in [-0.3, -0.25) is 4.79 Å². The number of nitrogens with one attached hydrogen (secondary N) is 2. The molecule has 1 aromatic carbocycles. The van der Waals surface area contributed by atoms with E-state index in [2.05, 4.69) is 41.8 Å². The first-order chi connectivity index (χ1) is 8.66. The molecule has 2 rings (SSSR count). The van der Waals surface area contributed by atoms with Crippen molar-refractivity contribution in [3.63, 3.8) is 0 Å². The van der Waals surface area contributed by atoms with Crippen molar-refractivity contribution < 1.29 is 4.79 Å². The van der Waals surface area contributed by atoms with Crippen LogP contribution in [0.3, 0.4) is 0 Å². The van der Waals surface area contributed by atoms with E-state index in [1.807, 2.05) is 0 Å². The van der Waals surface area contributed by atoms with E-state index in [1.165, 1.54) is 5.56 Å². The van der Waals surface area contributed by atoms with Crippen LogP contribution >= 0.6 is 0 Å². The minimum atomic E-state index is -0.0220. The van der Waals surface area contributed by atoms with Crippen molar-refractivity contribution in [3.8, 4) is 0 Å². The molecule has 1 aliphatic rings. The van der Waals surface area contributed by atoms with Gasteiger partial charge < -0.3 is 10.6 Å².